The van der Waals surface area contributed by atoms with Gasteiger partial charge in [0.25, 0.3) is 0 Å². The highest BCUT2D eigenvalue weighted by Gasteiger charge is 2.22. The van der Waals surface area contributed by atoms with E-state index in [0.717, 1.165) is 55.7 Å². The van der Waals surface area contributed by atoms with Crippen molar-refractivity contribution in [3.63, 3.8) is 0 Å². The Balaban J connectivity index is 1.31. The number of nitrogens with zero attached hydrogens (tertiary/aromatic N) is 5. The zero-order valence-electron chi connectivity index (χ0n) is 33.5. The summed E-state index contributed by atoms with van der Waals surface area (Å²) < 4.78 is 2.42. The standard InChI is InChI=1S/C54H41N5/c1-34-24-35(2)27-44(26-34)41-17-20-46-47-21-18-42(45-28-36(3)25-37(4)29-45)32-50(47)59(49(46)31-41)51-30-40(43-16-11-23-55-33-43)19-22-48(51)54-57-52(38-12-7-5-8-13-38)56-53(58-54)39-14-9-6-10-15-39/h5-33H,1-4H3. The van der Waals surface area contributed by atoms with Crippen molar-refractivity contribution < 1.29 is 0 Å². The predicted octanol–water partition coefficient (Wildman–Crippen LogP) is 13.6. The highest BCUT2D eigenvalue weighted by Crippen LogP contribution is 2.41. The van der Waals surface area contributed by atoms with Gasteiger partial charge in [0.2, 0.25) is 0 Å². The van der Waals surface area contributed by atoms with E-state index in [1.54, 1.807) is 0 Å². The van der Waals surface area contributed by atoms with Gasteiger partial charge < -0.3 is 4.57 Å². The SMILES string of the molecule is Cc1cc(C)cc(-c2ccc3c4ccc(-c5cc(C)cc(C)c5)cc4n(-c4cc(-c5cccnc5)ccc4-c4nc(-c5ccccc5)nc(-c5ccccc5)n4)c3c2)c1. The van der Waals surface area contributed by atoms with E-state index < -0.39 is 0 Å². The second kappa shape index (κ2) is 14.8. The van der Waals surface area contributed by atoms with Crippen molar-refractivity contribution in [2.45, 2.75) is 27.7 Å². The molecule has 0 amide bonds. The van der Waals surface area contributed by atoms with Gasteiger partial charge in [0.05, 0.1) is 16.7 Å². The predicted molar refractivity (Wildman–Crippen MR) is 244 cm³/mol. The average Bonchev–Trinajstić information content (AvgIpc) is 3.59. The Morgan fingerprint density at radius 2 is 0.814 bits per heavy atom. The van der Waals surface area contributed by atoms with Crippen molar-refractivity contribution in [2.75, 3.05) is 0 Å². The molecule has 0 saturated heterocycles. The minimum Gasteiger partial charge on any atom is -0.308 e. The zero-order valence-corrected chi connectivity index (χ0v) is 33.5. The second-order valence-electron chi connectivity index (χ2n) is 15.6. The van der Waals surface area contributed by atoms with E-state index in [-0.39, 0.29) is 0 Å². The third kappa shape index (κ3) is 6.87. The van der Waals surface area contributed by atoms with Gasteiger partial charge in [-0.3, -0.25) is 4.98 Å². The number of pyridine rings is 1. The molecule has 0 atom stereocenters. The molecule has 10 aromatic rings. The van der Waals surface area contributed by atoms with Crippen molar-refractivity contribution in [3.05, 3.63) is 198 Å². The van der Waals surface area contributed by atoms with Crippen LogP contribution >= 0.6 is 0 Å². The summed E-state index contributed by atoms with van der Waals surface area (Å²) in [7, 11) is 0. The minimum absolute atomic E-state index is 0.594. The summed E-state index contributed by atoms with van der Waals surface area (Å²) in [6, 6.07) is 58.3. The molecule has 0 N–H and O–H groups in total. The van der Waals surface area contributed by atoms with Crippen LogP contribution < -0.4 is 0 Å². The lowest BCUT2D eigenvalue weighted by Gasteiger charge is -2.17. The molecule has 0 saturated carbocycles. The van der Waals surface area contributed by atoms with E-state index >= 15 is 0 Å². The van der Waals surface area contributed by atoms with Gasteiger partial charge in [-0.1, -0.05) is 156 Å². The van der Waals surface area contributed by atoms with Crippen LogP contribution in [0.5, 0.6) is 0 Å². The van der Waals surface area contributed by atoms with E-state index in [1.807, 2.05) is 54.9 Å². The first-order valence-electron chi connectivity index (χ1n) is 20.0. The fraction of sp³-hybridized carbons (Fsp3) is 0.0741. The van der Waals surface area contributed by atoms with Crippen LogP contribution in [0.25, 0.3) is 95.0 Å². The van der Waals surface area contributed by atoms with Gasteiger partial charge in [-0.25, -0.2) is 15.0 Å². The van der Waals surface area contributed by atoms with Crippen LogP contribution in [-0.2, 0) is 0 Å². The van der Waals surface area contributed by atoms with Gasteiger partial charge in [-0.15, -0.1) is 0 Å². The molecule has 7 aromatic carbocycles. The Hall–Kier alpha value is -7.50. The van der Waals surface area contributed by atoms with Crippen molar-refractivity contribution in [1.82, 2.24) is 24.5 Å². The van der Waals surface area contributed by atoms with Gasteiger partial charge in [0.1, 0.15) is 0 Å². The number of benzene rings is 7. The maximum atomic E-state index is 5.25. The topological polar surface area (TPSA) is 56.5 Å². The summed E-state index contributed by atoms with van der Waals surface area (Å²) in [5.41, 5.74) is 17.6. The quantitative estimate of drug-likeness (QED) is 0.162. The Labute approximate surface area is 344 Å². The zero-order chi connectivity index (χ0) is 40.0. The van der Waals surface area contributed by atoms with E-state index in [1.165, 1.54) is 44.2 Å². The van der Waals surface area contributed by atoms with Crippen molar-refractivity contribution in [1.29, 1.82) is 0 Å². The van der Waals surface area contributed by atoms with Crippen LogP contribution in [0.15, 0.2) is 176 Å². The number of aryl methyl sites for hydroxylation is 4. The number of aromatic nitrogens is 5. The van der Waals surface area contributed by atoms with Crippen LogP contribution in [0.2, 0.25) is 0 Å². The lowest BCUT2D eigenvalue weighted by atomic mass is 9.98. The lowest BCUT2D eigenvalue weighted by Crippen LogP contribution is -2.04. The molecule has 5 nitrogen and oxygen atoms in total. The van der Waals surface area contributed by atoms with E-state index in [0.29, 0.717) is 17.5 Å². The summed E-state index contributed by atoms with van der Waals surface area (Å²) >= 11 is 0. The van der Waals surface area contributed by atoms with Crippen LogP contribution in [0.1, 0.15) is 22.3 Å². The minimum atomic E-state index is 0.594. The van der Waals surface area contributed by atoms with E-state index in [4.69, 9.17) is 15.0 Å². The second-order valence-corrected chi connectivity index (χ2v) is 15.6. The van der Waals surface area contributed by atoms with Crippen molar-refractivity contribution in [2.24, 2.45) is 0 Å². The fourth-order valence-corrected chi connectivity index (χ4v) is 8.47. The molecule has 3 heterocycles. The van der Waals surface area contributed by atoms with Gasteiger partial charge in [0, 0.05) is 45.4 Å². The summed E-state index contributed by atoms with van der Waals surface area (Å²) in [5, 5.41) is 2.34. The highest BCUT2D eigenvalue weighted by molar-refractivity contribution is 6.11. The summed E-state index contributed by atoms with van der Waals surface area (Å²) in [5.74, 6) is 1.83. The largest absolute Gasteiger partial charge is 0.308 e. The molecule has 0 fully saturated rings. The van der Waals surface area contributed by atoms with Crippen molar-refractivity contribution in [3.8, 4) is 73.2 Å². The number of fused-ring (bicyclic) bond motifs is 3. The molecule has 0 aliphatic rings. The van der Waals surface area contributed by atoms with Crippen LogP contribution in [0, 0.1) is 27.7 Å². The first-order chi connectivity index (χ1) is 28.8. The molecule has 0 spiro atoms. The number of hydrogen-bond acceptors (Lipinski definition) is 4. The molecule has 0 radical (unpaired) electrons. The number of rotatable bonds is 7. The van der Waals surface area contributed by atoms with Gasteiger partial charge in [-0.2, -0.15) is 0 Å². The van der Waals surface area contributed by atoms with Crippen LogP contribution in [-0.4, -0.2) is 24.5 Å². The lowest BCUT2D eigenvalue weighted by molar-refractivity contribution is 1.06. The smallest absolute Gasteiger partial charge is 0.166 e. The molecular formula is C54H41N5. The summed E-state index contributed by atoms with van der Waals surface area (Å²) in [6.07, 6.45) is 3.74. The Morgan fingerprint density at radius 1 is 0.356 bits per heavy atom. The molecule has 10 rings (SSSR count). The normalized spacial score (nSPS) is 11.4. The molecule has 282 valence electrons. The maximum Gasteiger partial charge on any atom is 0.166 e. The summed E-state index contributed by atoms with van der Waals surface area (Å²) in [6.45, 7) is 8.66. The van der Waals surface area contributed by atoms with E-state index in [2.05, 4.69) is 159 Å². The highest BCUT2D eigenvalue weighted by atomic mass is 15.1. The number of hydrogen-bond donors (Lipinski definition) is 0. The summed E-state index contributed by atoms with van der Waals surface area (Å²) in [4.78, 5) is 20.0. The maximum absolute atomic E-state index is 5.25. The van der Waals surface area contributed by atoms with E-state index in [9.17, 15) is 0 Å². The molecule has 3 aromatic heterocycles. The Bertz CT molecular complexity index is 2980. The fourth-order valence-electron chi connectivity index (χ4n) is 8.47. The van der Waals surface area contributed by atoms with Crippen molar-refractivity contribution >= 4 is 21.8 Å². The first kappa shape index (κ1) is 35.9. The Morgan fingerprint density at radius 3 is 1.31 bits per heavy atom. The molecule has 0 unspecified atom stereocenters. The molecule has 59 heavy (non-hydrogen) atoms. The third-order valence-electron chi connectivity index (χ3n) is 11.1. The Kier molecular flexibility index (Phi) is 8.99. The average molecular weight is 760 g/mol. The molecule has 0 aliphatic carbocycles. The molecule has 0 bridgehead atoms. The molecular weight excluding hydrogens is 719 g/mol. The van der Waals surface area contributed by atoms with Gasteiger partial charge in [0.15, 0.2) is 17.5 Å². The molecule has 5 heteroatoms. The monoisotopic (exact) mass is 759 g/mol. The van der Waals surface area contributed by atoms with Crippen LogP contribution in [0.4, 0.5) is 0 Å². The third-order valence-corrected chi connectivity index (χ3v) is 11.1. The van der Waals surface area contributed by atoms with Gasteiger partial charge >= 0.3 is 0 Å². The first-order valence-corrected chi connectivity index (χ1v) is 20.0. The molecule has 0 aliphatic heterocycles. The van der Waals surface area contributed by atoms with Crippen LogP contribution in [0.3, 0.4) is 0 Å². The van der Waals surface area contributed by atoms with Gasteiger partial charge in [-0.05, 0) is 85.8 Å².